The number of carbonyl (C=O) groups is 2. The van der Waals surface area contributed by atoms with Crippen molar-refractivity contribution in [2.45, 2.75) is 25.0 Å². The van der Waals surface area contributed by atoms with E-state index in [0.29, 0.717) is 6.42 Å². The zero-order chi connectivity index (χ0) is 13.1. The van der Waals surface area contributed by atoms with Gasteiger partial charge >= 0.3 is 5.97 Å². The van der Waals surface area contributed by atoms with Gasteiger partial charge in [0.15, 0.2) is 6.10 Å². The Hall–Kier alpha value is -1.19. The van der Waals surface area contributed by atoms with Gasteiger partial charge in [0.1, 0.15) is 6.10 Å². The second-order valence-corrected chi connectivity index (χ2v) is 5.42. The fourth-order valence-corrected chi connectivity index (χ4v) is 1.83. The lowest BCUT2D eigenvalue weighted by Crippen LogP contribution is -2.38. The molecule has 0 bridgehead atoms. The number of primary sulfonamides is 1. The van der Waals surface area contributed by atoms with Crippen LogP contribution in [0.25, 0.3) is 0 Å². The van der Waals surface area contributed by atoms with E-state index in [1.54, 1.807) is 0 Å². The average molecular weight is 266 g/mol. The van der Waals surface area contributed by atoms with Crippen LogP contribution in [0.5, 0.6) is 0 Å². The van der Waals surface area contributed by atoms with Crippen LogP contribution in [0.1, 0.15) is 12.8 Å². The zero-order valence-electron chi connectivity index (χ0n) is 8.96. The summed E-state index contributed by atoms with van der Waals surface area (Å²) < 4.78 is 26.2. The van der Waals surface area contributed by atoms with Crippen LogP contribution in [-0.2, 0) is 24.3 Å². The van der Waals surface area contributed by atoms with Crippen molar-refractivity contribution in [3.63, 3.8) is 0 Å². The average Bonchev–Trinajstić information content (AvgIpc) is 2.63. The van der Waals surface area contributed by atoms with Crippen LogP contribution in [0.15, 0.2) is 0 Å². The molecule has 1 heterocycles. The van der Waals surface area contributed by atoms with Gasteiger partial charge in [-0.3, -0.25) is 4.79 Å². The second kappa shape index (κ2) is 5.43. The smallest absolute Gasteiger partial charge is 0.332 e. The number of rotatable bonds is 5. The van der Waals surface area contributed by atoms with Gasteiger partial charge in [-0.05, 0) is 12.8 Å². The topological polar surface area (TPSA) is 136 Å². The molecule has 1 aliphatic heterocycles. The van der Waals surface area contributed by atoms with Crippen LogP contribution in [0, 0.1) is 0 Å². The summed E-state index contributed by atoms with van der Waals surface area (Å²) in [4.78, 5) is 22.0. The van der Waals surface area contributed by atoms with Gasteiger partial charge in [-0.2, -0.15) is 0 Å². The Bertz CT molecular complexity index is 406. The maximum absolute atomic E-state index is 11.4. The quantitative estimate of drug-likeness (QED) is 0.527. The summed E-state index contributed by atoms with van der Waals surface area (Å²) in [6, 6.07) is 0. The van der Waals surface area contributed by atoms with Crippen LogP contribution < -0.4 is 10.5 Å². The van der Waals surface area contributed by atoms with Crippen LogP contribution in [0.3, 0.4) is 0 Å². The maximum atomic E-state index is 11.4. The highest BCUT2D eigenvalue weighted by Crippen LogP contribution is 2.19. The minimum absolute atomic E-state index is 0.116. The molecular weight excluding hydrogens is 252 g/mol. The Balaban J connectivity index is 2.33. The Morgan fingerprint density at radius 3 is 2.41 bits per heavy atom. The Labute approximate surface area is 98.2 Å². The molecule has 0 aromatic carbocycles. The fourth-order valence-electron chi connectivity index (χ4n) is 1.44. The van der Waals surface area contributed by atoms with Crippen molar-refractivity contribution in [1.29, 1.82) is 0 Å². The first-order valence-corrected chi connectivity index (χ1v) is 6.67. The third-order valence-corrected chi connectivity index (χ3v) is 3.05. The van der Waals surface area contributed by atoms with Crippen molar-refractivity contribution in [2.75, 3.05) is 12.3 Å². The van der Waals surface area contributed by atoms with E-state index < -0.39 is 34.1 Å². The van der Waals surface area contributed by atoms with Crippen molar-refractivity contribution in [3.8, 4) is 0 Å². The summed E-state index contributed by atoms with van der Waals surface area (Å²) in [6.45, 7) is -0.116. The normalized spacial score (nSPS) is 24.5. The molecule has 0 aromatic rings. The molecule has 0 spiro atoms. The lowest BCUT2D eigenvalue weighted by atomic mass is 10.2. The van der Waals surface area contributed by atoms with E-state index in [4.69, 9.17) is 15.0 Å². The number of hydrogen-bond acceptors (Lipinski definition) is 5. The van der Waals surface area contributed by atoms with Crippen molar-refractivity contribution in [2.24, 2.45) is 5.14 Å². The Kier molecular flexibility index (Phi) is 4.43. The third kappa shape index (κ3) is 4.67. The predicted octanol–water partition coefficient (Wildman–Crippen LogP) is -1.98. The lowest BCUT2D eigenvalue weighted by Gasteiger charge is -2.11. The van der Waals surface area contributed by atoms with Gasteiger partial charge < -0.3 is 15.2 Å². The molecule has 0 saturated carbocycles. The molecule has 1 amide bonds. The van der Waals surface area contributed by atoms with E-state index in [0.717, 1.165) is 0 Å². The minimum Gasteiger partial charge on any atom is -0.479 e. The molecule has 1 aliphatic rings. The summed E-state index contributed by atoms with van der Waals surface area (Å²) in [5, 5.41) is 15.7. The molecule has 0 aliphatic carbocycles. The number of nitrogens with one attached hydrogen (secondary N) is 1. The summed E-state index contributed by atoms with van der Waals surface area (Å²) in [7, 11) is -3.62. The van der Waals surface area contributed by atoms with Crippen LogP contribution in [-0.4, -0.2) is 49.9 Å². The molecule has 1 rings (SSSR count). The SMILES string of the molecule is NS(=O)(=O)CCNC(=O)C1CCC(C(=O)O)O1. The number of nitrogens with two attached hydrogens (primary N) is 1. The first kappa shape index (κ1) is 13.9. The molecule has 4 N–H and O–H groups in total. The van der Waals surface area contributed by atoms with Crippen LogP contribution >= 0.6 is 0 Å². The molecule has 9 heteroatoms. The maximum Gasteiger partial charge on any atom is 0.332 e. The monoisotopic (exact) mass is 266 g/mol. The second-order valence-electron chi connectivity index (χ2n) is 3.69. The Morgan fingerprint density at radius 1 is 1.35 bits per heavy atom. The first-order valence-electron chi connectivity index (χ1n) is 4.96. The fraction of sp³-hybridized carbons (Fsp3) is 0.750. The van der Waals surface area contributed by atoms with Crippen molar-refractivity contribution in [1.82, 2.24) is 5.32 Å². The molecule has 0 aromatic heterocycles. The van der Waals surface area contributed by atoms with Gasteiger partial charge in [-0.25, -0.2) is 18.4 Å². The molecule has 1 fully saturated rings. The molecule has 17 heavy (non-hydrogen) atoms. The number of sulfonamides is 1. The van der Waals surface area contributed by atoms with Gasteiger partial charge in [0.05, 0.1) is 5.75 Å². The van der Waals surface area contributed by atoms with E-state index in [2.05, 4.69) is 5.32 Å². The molecule has 0 radical (unpaired) electrons. The highest BCUT2D eigenvalue weighted by Gasteiger charge is 2.34. The van der Waals surface area contributed by atoms with Gasteiger partial charge in [0, 0.05) is 6.54 Å². The molecule has 1 saturated heterocycles. The zero-order valence-corrected chi connectivity index (χ0v) is 9.77. The van der Waals surface area contributed by atoms with Crippen LogP contribution in [0.4, 0.5) is 0 Å². The first-order chi connectivity index (χ1) is 7.79. The molecular formula is C8H14N2O6S. The van der Waals surface area contributed by atoms with E-state index in [-0.39, 0.29) is 18.7 Å². The van der Waals surface area contributed by atoms with E-state index in [1.165, 1.54) is 0 Å². The minimum atomic E-state index is -3.62. The van der Waals surface area contributed by atoms with Gasteiger partial charge in [0.2, 0.25) is 15.9 Å². The lowest BCUT2D eigenvalue weighted by molar-refractivity contribution is -0.151. The van der Waals surface area contributed by atoms with Crippen molar-refractivity contribution >= 4 is 21.9 Å². The Morgan fingerprint density at radius 2 is 1.94 bits per heavy atom. The summed E-state index contributed by atoms with van der Waals surface area (Å²) in [5.74, 6) is -1.99. The van der Waals surface area contributed by atoms with Gasteiger partial charge in [0.25, 0.3) is 0 Å². The summed E-state index contributed by atoms with van der Waals surface area (Å²) >= 11 is 0. The predicted molar refractivity (Wildman–Crippen MR) is 56.5 cm³/mol. The number of carboxylic acids is 1. The van der Waals surface area contributed by atoms with Crippen molar-refractivity contribution in [3.05, 3.63) is 0 Å². The number of carbonyl (C=O) groups excluding carboxylic acids is 1. The largest absolute Gasteiger partial charge is 0.479 e. The van der Waals surface area contributed by atoms with E-state index in [9.17, 15) is 18.0 Å². The number of amides is 1. The number of carboxylic acid groups (broad SMARTS) is 1. The highest BCUT2D eigenvalue weighted by atomic mass is 32.2. The van der Waals surface area contributed by atoms with E-state index in [1.807, 2.05) is 0 Å². The highest BCUT2D eigenvalue weighted by molar-refractivity contribution is 7.89. The third-order valence-electron chi connectivity index (χ3n) is 2.27. The molecule has 98 valence electrons. The summed E-state index contributed by atoms with van der Waals surface area (Å²) in [5.41, 5.74) is 0. The van der Waals surface area contributed by atoms with Gasteiger partial charge in [-0.15, -0.1) is 0 Å². The van der Waals surface area contributed by atoms with Gasteiger partial charge in [-0.1, -0.05) is 0 Å². The molecule has 2 atom stereocenters. The number of ether oxygens (including phenoxy) is 1. The molecule has 2 unspecified atom stereocenters. The molecule has 8 nitrogen and oxygen atoms in total. The van der Waals surface area contributed by atoms with E-state index >= 15 is 0 Å². The number of aliphatic carboxylic acids is 1. The van der Waals surface area contributed by atoms with Crippen LogP contribution in [0.2, 0.25) is 0 Å². The summed E-state index contributed by atoms with van der Waals surface area (Å²) in [6.07, 6.45) is -1.23. The standard InChI is InChI=1S/C8H14N2O6S/c9-17(14,15)4-3-10-7(11)5-1-2-6(16-5)8(12)13/h5-6H,1-4H2,(H,10,11)(H,12,13)(H2,9,14,15). The van der Waals surface area contributed by atoms with Crippen molar-refractivity contribution < 1.29 is 27.9 Å². The number of hydrogen-bond donors (Lipinski definition) is 3.